The molecular formula is C19H23Cl2NO3. The number of halogens is 2. The molecule has 0 aromatic heterocycles. The van der Waals surface area contributed by atoms with Crippen LogP contribution in [-0.4, -0.2) is 19.8 Å². The summed E-state index contributed by atoms with van der Waals surface area (Å²) in [6.07, 6.45) is 0. The van der Waals surface area contributed by atoms with E-state index < -0.39 is 0 Å². The fourth-order valence-corrected chi connectivity index (χ4v) is 2.83. The fourth-order valence-electron chi connectivity index (χ4n) is 2.44. The molecule has 0 aliphatic heterocycles. The average Bonchev–Trinajstić information content (AvgIpc) is 2.58. The number of ether oxygens (including phenoxy) is 3. The van der Waals surface area contributed by atoms with Crippen molar-refractivity contribution in [2.45, 2.75) is 27.3 Å². The zero-order chi connectivity index (χ0) is 18.4. The van der Waals surface area contributed by atoms with Crippen molar-refractivity contribution in [2.75, 3.05) is 19.8 Å². The van der Waals surface area contributed by atoms with Crippen LogP contribution in [0, 0.1) is 13.8 Å². The van der Waals surface area contributed by atoms with E-state index in [0.717, 1.165) is 27.5 Å². The predicted molar refractivity (Wildman–Crippen MR) is 102 cm³/mol. The Morgan fingerprint density at radius 3 is 2.16 bits per heavy atom. The fraction of sp³-hybridized carbons (Fsp3) is 0.368. The summed E-state index contributed by atoms with van der Waals surface area (Å²) in [5.41, 5.74) is 8.53. The molecule has 2 aromatic carbocycles. The number of benzene rings is 2. The Labute approximate surface area is 158 Å². The Balaban J connectivity index is 2.00. The minimum Gasteiger partial charge on any atom is -0.490 e. The quantitative estimate of drug-likeness (QED) is 0.656. The molecular weight excluding hydrogens is 361 g/mol. The van der Waals surface area contributed by atoms with Crippen molar-refractivity contribution >= 4 is 23.2 Å². The van der Waals surface area contributed by atoms with Crippen LogP contribution in [0.4, 0.5) is 0 Å². The van der Waals surface area contributed by atoms with E-state index in [9.17, 15) is 0 Å². The highest BCUT2D eigenvalue weighted by molar-refractivity contribution is 6.32. The third kappa shape index (κ3) is 5.18. The largest absolute Gasteiger partial charge is 0.490 e. The lowest BCUT2D eigenvalue weighted by molar-refractivity contribution is 0.208. The van der Waals surface area contributed by atoms with Gasteiger partial charge in [-0.2, -0.15) is 0 Å². The molecule has 0 aliphatic rings. The molecule has 0 saturated heterocycles. The average molecular weight is 384 g/mol. The summed E-state index contributed by atoms with van der Waals surface area (Å²) in [5, 5.41) is 1.24. The maximum atomic E-state index is 6.29. The molecule has 0 aliphatic carbocycles. The van der Waals surface area contributed by atoms with E-state index >= 15 is 0 Å². The molecule has 0 spiro atoms. The molecule has 0 unspecified atom stereocenters. The molecule has 0 saturated carbocycles. The molecule has 136 valence electrons. The Morgan fingerprint density at radius 2 is 1.56 bits per heavy atom. The first-order valence-electron chi connectivity index (χ1n) is 8.13. The zero-order valence-electron chi connectivity index (χ0n) is 14.7. The van der Waals surface area contributed by atoms with Gasteiger partial charge in [0, 0.05) is 11.6 Å². The number of hydrogen-bond donors (Lipinski definition) is 1. The van der Waals surface area contributed by atoms with E-state index in [4.69, 9.17) is 43.1 Å². The monoisotopic (exact) mass is 383 g/mol. The van der Waals surface area contributed by atoms with E-state index in [1.165, 1.54) is 0 Å². The lowest BCUT2D eigenvalue weighted by atomic mass is 10.1. The number of aryl methyl sites for hydroxylation is 2. The number of nitrogens with two attached hydrogens (primary N) is 1. The zero-order valence-corrected chi connectivity index (χ0v) is 16.2. The Hall–Kier alpha value is -1.62. The second kappa shape index (κ2) is 9.18. The molecule has 25 heavy (non-hydrogen) atoms. The maximum absolute atomic E-state index is 6.29. The molecule has 6 heteroatoms. The van der Waals surface area contributed by atoms with Gasteiger partial charge in [0.05, 0.1) is 11.6 Å². The first-order chi connectivity index (χ1) is 12.0. The molecule has 2 N–H and O–H groups in total. The molecule has 0 amide bonds. The molecule has 0 heterocycles. The molecule has 2 rings (SSSR count). The molecule has 0 atom stereocenters. The lowest BCUT2D eigenvalue weighted by Crippen LogP contribution is -2.11. The summed E-state index contributed by atoms with van der Waals surface area (Å²) < 4.78 is 17.1. The number of rotatable bonds is 8. The van der Waals surface area contributed by atoms with Crippen LogP contribution >= 0.6 is 23.2 Å². The number of hydrogen-bond acceptors (Lipinski definition) is 4. The van der Waals surface area contributed by atoms with Gasteiger partial charge in [0.1, 0.15) is 19.0 Å². The Morgan fingerprint density at radius 1 is 0.920 bits per heavy atom. The maximum Gasteiger partial charge on any atom is 0.179 e. The second-order valence-corrected chi connectivity index (χ2v) is 6.40. The predicted octanol–water partition coefficient (Wildman–Crippen LogP) is 4.93. The SMILES string of the molecule is CCOc1cc(CN)cc(Cl)c1OCCOc1cc(C)c(Cl)c(C)c1. The summed E-state index contributed by atoms with van der Waals surface area (Å²) in [6, 6.07) is 7.44. The van der Waals surface area contributed by atoms with Crippen molar-refractivity contribution in [3.8, 4) is 17.2 Å². The van der Waals surface area contributed by atoms with Crippen LogP contribution in [0.15, 0.2) is 24.3 Å². The van der Waals surface area contributed by atoms with E-state index in [2.05, 4.69) is 0 Å². The molecule has 0 radical (unpaired) electrons. The van der Waals surface area contributed by atoms with Crippen LogP contribution in [-0.2, 0) is 6.54 Å². The summed E-state index contributed by atoms with van der Waals surface area (Å²) >= 11 is 12.5. The van der Waals surface area contributed by atoms with Gasteiger partial charge in [0.15, 0.2) is 11.5 Å². The highest BCUT2D eigenvalue weighted by Gasteiger charge is 2.12. The van der Waals surface area contributed by atoms with Gasteiger partial charge in [0.25, 0.3) is 0 Å². The smallest absolute Gasteiger partial charge is 0.179 e. The van der Waals surface area contributed by atoms with Crippen LogP contribution < -0.4 is 19.9 Å². The van der Waals surface area contributed by atoms with E-state index in [1.807, 2.05) is 39.0 Å². The van der Waals surface area contributed by atoms with Gasteiger partial charge < -0.3 is 19.9 Å². The van der Waals surface area contributed by atoms with Gasteiger partial charge in [-0.1, -0.05) is 23.2 Å². The van der Waals surface area contributed by atoms with Gasteiger partial charge in [-0.05, 0) is 61.7 Å². The molecule has 0 fully saturated rings. The normalized spacial score (nSPS) is 10.6. The van der Waals surface area contributed by atoms with E-state index in [0.29, 0.717) is 42.9 Å². The minimum absolute atomic E-state index is 0.336. The summed E-state index contributed by atoms with van der Waals surface area (Å²) in [6.45, 7) is 7.42. The molecule has 2 aromatic rings. The van der Waals surface area contributed by atoms with Gasteiger partial charge in [-0.15, -0.1) is 0 Å². The minimum atomic E-state index is 0.336. The van der Waals surface area contributed by atoms with E-state index in [-0.39, 0.29) is 0 Å². The van der Waals surface area contributed by atoms with Crippen LogP contribution in [0.3, 0.4) is 0 Å². The summed E-state index contributed by atoms with van der Waals surface area (Å²) in [5.74, 6) is 1.86. The van der Waals surface area contributed by atoms with Crippen molar-refractivity contribution in [1.82, 2.24) is 0 Å². The van der Waals surface area contributed by atoms with Gasteiger partial charge in [-0.3, -0.25) is 0 Å². The van der Waals surface area contributed by atoms with Crippen molar-refractivity contribution in [2.24, 2.45) is 5.73 Å². The van der Waals surface area contributed by atoms with Crippen molar-refractivity contribution < 1.29 is 14.2 Å². The molecule has 4 nitrogen and oxygen atoms in total. The third-order valence-electron chi connectivity index (χ3n) is 3.61. The van der Waals surface area contributed by atoms with Gasteiger partial charge in [0.2, 0.25) is 0 Å². The van der Waals surface area contributed by atoms with Crippen LogP contribution in [0.25, 0.3) is 0 Å². The topological polar surface area (TPSA) is 53.7 Å². The first-order valence-corrected chi connectivity index (χ1v) is 8.89. The third-order valence-corrected chi connectivity index (χ3v) is 4.49. The standard InChI is InChI=1S/C19H23Cl2NO3/c1-4-23-17-10-14(11-22)9-16(20)19(17)25-6-5-24-15-7-12(2)18(21)13(3)8-15/h7-10H,4-6,11,22H2,1-3H3. The van der Waals surface area contributed by atoms with Crippen LogP contribution in [0.1, 0.15) is 23.6 Å². The van der Waals surface area contributed by atoms with Crippen molar-refractivity contribution in [1.29, 1.82) is 0 Å². The lowest BCUT2D eigenvalue weighted by Gasteiger charge is -2.15. The molecule has 0 bridgehead atoms. The van der Waals surface area contributed by atoms with Gasteiger partial charge >= 0.3 is 0 Å². The highest BCUT2D eigenvalue weighted by atomic mass is 35.5. The second-order valence-electron chi connectivity index (χ2n) is 5.61. The first kappa shape index (κ1) is 19.7. The highest BCUT2D eigenvalue weighted by Crippen LogP contribution is 2.36. The van der Waals surface area contributed by atoms with Crippen LogP contribution in [0.5, 0.6) is 17.2 Å². The van der Waals surface area contributed by atoms with Crippen LogP contribution in [0.2, 0.25) is 10.0 Å². The summed E-state index contributed by atoms with van der Waals surface area (Å²) in [4.78, 5) is 0. The Kier molecular flexibility index (Phi) is 7.24. The van der Waals surface area contributed by atoms with Crippen molar-refractivity contribution in [3.05, 3.63) is 51.0 Å². The Bertz CT molecular complexity index is 712. The summed E-state index contributed by atoms with van der Waals surface area (Å²) in [7, 11) is 0. The van der Waals surface area contributed by atoms with Crippen molar-refractivity contribution in [3.63, 3.8) is 0 Å². The van der Waals surface area contributed by atoms with E-state index in [1.54, 1.807) is 6.07 Å². The van der Waals surface area contributed by atoms with Gasteiger partial charge in [-0.25, -0.2) is 0 Å².